The Morgan fingerprint density at radius 3 is 1.80 bits per heavy atom. The molecule has 2 aromatic carbocycles. The minimum atomic E-state index is -0.219. The lowest BCUT2D eigenvalue weighted by Crippen LogP contribution is -2.24. The monoisotopic (exact) mass is 409 g/mol. The van der Waals surface area contributed by atoms with E-state index < -0.39 is 0 Å². The Morgan fingerprint density at radius 1 is 0.767 bits per heavy atom. The summed E-state index contributed by atoms with van der Waals surface area (Å²) in [5.74, 6) is 0.842. The van der Waals surface area contributed by atoms with Gasteiger partial charge >= 0.3 is 0 Å². The summed E-state index contributed by atoms with van der Waals surface area (Å²) in [6.45, 7) is 18.8. The third kappa shape index (κ3) is 4.51. The van der Waals surface area contributed by atoms with Gasteiger partial charge in [0.15, 0.2) is 0 Å². The molecule has 3 rings (SSSR count). The third-order valence-electron chi connectivity index (χ3n) is 6.44. The SMILES string of the molecule is CC(C)(C)c1cc2cc(c1O)CCC(C)(C)c1cc(cc(C(C)(C)C)c1O)CNC2. The molecule has 1 aliphatic heterocycles. The Kier molecular flexibility index (Phi) is 5.75. The molecule has 0 radical (unpaired) electrons. The Balaban J connectivity index is 2.13. The molecule has 1 heterocycles. The Hall–Kier alpha value is -2.00. The van der Waals surface area contributed by atoms with Gasteiger partial charge in [-0.05, 0) is 56.9 Å². The van der Waals surface area contributed by atoms with Crippen LogP contribution in [-0.2, 0) is 35.8 Å². The van der Waals surface area contributed by atoms with Gasteiger partial charge in [0.25, 0.3) is 0 Å². The number of benzene rings is 2. The van der Waals surface area contributed by atoms with Crippen LogP contribution < -0.4 is 5.32 Å². The average Bonchev–Trinajstić information content (AvgIpc) is 2.60. The summed E-state index contributed by atoms with van der Waals surface area (Å²) in [7, 11) is 0. The molecule has 3 N–H and O–H groups in total. The summed E-state index contributed by atoms with van der Waals surface area (Å²) in [4.78, 5) is 0. The smallest absolute Gasteiger partial charge is 0.123 e. The topological polar surface area (TPSA) is 52.5 Å². The van der Waals surface area contributed by atoms with E-state index in [-0.39, 0.29) is 16.2 Å². The Morgan fingerprint density at radius 2 is 1.27 bits per heavy atom. The average molecular weight is 410 g/mol. The second-order valence-electron chi connectivity index (χ2n) is 11.7. The molecule has 0 aliphatic carbocycles. The van der Waals surface area contributed by atoms with Gasteiger partial charge in [-0.1, -0.05) is 79.7 Å². The predicted molar refractivity (Wildman–Crippen MR) is 126 cm³/mol. The van der Waals surface area contributed by atoms with Gasteiger partial charge in [0.05, 0.1) is 0 Å². The molecule has 164 valence electrons. The van der Waals surface area contributed by atoms with Crippen molar-refractivity contribution in [2.24, 2.45) is 0 Å². The van der Waals surface area contributed by atoms with Gasteiger partial charge in [0.1, 0.15) is 11.5 Å². The van der Waals surface area contributed by atoms with Crippen LogP contribution in [-0.4, -0.2) is 10.2 Å². The molecule has 1 aliphatic rings. The first-order chi connectivity index (χ1) is 13.7. The van der Waals surface area contributed by atoms with Gasteiger partial charge in [0.2, 0.25) is 0 Å². The van der Waals surface area contributed by atoms with Gasteiger partial charge in [0, 0.05) is 18.7 Å². The highest BCUT2D eigenvalue weighted by molar-refractivity contribution is 5.51. The molecule has 4 bridgehead atoms. The fourth-order valence-corrected chi connectivity index (χ4v) is 4.44. The molecule has 3 nitrogen and oxygen atoms in total. The maximum atomic E-state index is 11.2. The first-order valence-corrected chi connectivity index (χ1v) is 11.1. The highest BCUT2D eigenvalue weighted by Gasteiger charge is 2.30. The van der Waals surface area contributed by atoms with Gasteiger partial charge in [-0.3, -0.25) is 0 Å². The van der Waals surface area contributed by atoms with Crippen molar-refractivity contribution in [3.05, 3.63) is 57.6 Å². The number of aromatic hydroxyl groups is 2. The van der Waals surface area contributed by atoms with Crippen molar-refractivity contribution >= 4 is 0 Å². The minimum Gasteiger partial charge on any atom is -0.507 e. The molecule has 2 aromatic rings. The number of phenolic OH excluding ortho intramolecular Hbond substituents is 2. The molecule has 0 atom stereocenters. The van der Waals surface area contributed by atoms with E-state index in [1.54, 1.807) is 0 Å². The molecular weight excluding hydrogens is 370 g/mol. The van der Waals surface area contributed by atoms with Crippen LogP contribution in [0.4, 0.5) is 0 Å². The number of fused-ring (bicyclic) bond motifs is 4. The lowest BCUT2D eigenvalue weighted by atomic mass is 9.74. The zero-order valence-corrected chi connectivity index (χ0v) is 20.0. The molecule has 30 heavy (non-hydrogen) atoms. The Labute approximate surface area is 182 Å². The van der Waals surface area contributed by atoms with E-state index in [1.165, 1.54) is 11.1 Å². The molecule has 0 saturated heterocycles. The summed E-state index contributed by atoms with van der Waals surface area (Å²) in [5.41, 5.74) is 5.94. The predicted octanol–water partition coefficient (Wildman–Crippen LogP) is 6.21. The van der Waals surface area contributed by atoms with E-state index in [0.29, 0.717) is 11.5 Å². The minimum absolute atomic E-state index is 0.119. The highest BCUT2D eigenvalue weighted by atomic mass is 16.3. The summed E-state index contributed by atoms with van der Waals surface area (Å²) in [6, 6.07) is 8.60. The third-order valence-corrected chi connectivity index (χ3v) is 6.44. The van der Waals surface area contributed by atoms with Crippen LogP contribution in [0.1, 0.15) is 95.2 Å². The summed E-state index contributed by atoms with van der Waals surface area (Å²) < 4.78 is 0. The van der Waals surface area contributed by atoms with Crippen molar-refractivity contribution in [2.45, 2.75) is 97.6 Å². The van der Waals surface area contributed by atoms with Gasteiger partial charge < -0.3 is 15.5 Å². The lowest BCUT2D eigenvalue weighted by molar-refractivity contribution is 0.398. The molecule has 0 unspecified atom stereocenters. The van der Waals surface area contributed by atoms with Crippen LogP contribution in [0.3, 0.4) is 0 Å². The summed E-state index contributed by atoms with van der Waals surface area (Å²) >= 11 is 0. The van der Waals surface area contributed by atoms with Gasteiger partial charge in [-0.2, -0.15) is 0 Å². The summed E-state index contributed by atoms with van der Waals surface area (Å²) in [5, 5.41) is 25.8. The summed E-state index contributed by atoms with van der Waals surface area (Å²) in [6.07, 6.45) is 1.62. The number of aryl methyl sites for hydroxylation is 1. The molecule has 0 saturated carbocycles. The highest BCUT2D eigenvalue weighted by Crippen LogP contribution is 2.43. The zero-order valence-electron chi connectivity index (χ0n) is 20.0. The number of nitrogens with one attached hydrogen (secondary N) is 1. The van der Waals surface area contributed by atoms with Crippen molar-refractivity contribution in [3.63, 3.8) is 0 Å². The van der Waals surface area contributed by atoms with E-state index in [0.717, 1.165) is 48.2 Å². The van der Waals surface area contributed by atoms with Crippen molar-refractivity contribution in [3.8, 4) is 11.5 Å². The number of hydrogen-bond acceptors (Lipinski definition) is 3. The fourth-order valence-electron chi connectivity index (χ4n) is 4.44. The van der Waals surface area contributed by atoms with Gasteiger partial charge in [-0.25, -0.2) is 0 Å². The molecule has 0 fully saturated rings. The number of rotatable bonds is 0. The van der Waals surface area contributed by atoms with Crippen molar-refractivity contribution in [1.29, 1.82) is 0 Å². The maximum absolute atomic E-state index is 11.2. The van der Waals surface area contributed by atoms with Crippen LogP contribution in [0, 0.1) is 0 Å². The van der Waals surface area contributed by atoms with Crippen molar-refractivity contribution in [1.82, 2.24) is 5.32 Å². The fraction of sp³-hybridized carbons (Fsp3) is 0.556. The quantitative estimate of drug-likeness (QED) is 0.485. The van der Waals surface area contributed by atoms with Crippen LogP contribution in [0.5, 0.6) is 11.5 Å². The number of hydrogen-bond donors (Lipinski definition) is 3. The van der Waals surface area contributed by atoms with E-state index in [4.69, 9.17) is 0 Å². The van der Waals surface area contributed by atoms with E-state index in [1.807, 2.05) is 0 Å². The molecule has 0 aromatic heterocycles. The van der Waals surface area contributed by atoms with Gasteiger partial charge in [-0.15, -0.1) is 0 Å². The van der Waals surface area contributed by atoms with Crippen LogP contribution in [0.15, 0.2) is 24.3 Å². The first-order valence-electron chi connectivity index (χ1n) is 11.1. The maximum Gasteiger partial charge on any atom is 0.123 e. The molecule has 0 spiro atoms. The van der Waals surface area contributed by atoms with Crippen molar-refractivity contribution in [2.75, 3.05) is 0 Å². The van der Waals surface area contributed by atoms with E-state index in [9.17, 15) is 10.2 Å². The van der Waals surface area contributed by atoms with Crippen LogP contribution in [0.25, 0.3) is 0 Å². The second kappa shape index (κ2) is 7.60. The van der Waals surface area contributed by atoms with E-state index >= 15 is 0 Å². The standard InChI is InChI=1S/C27H39NO2/c1-25(2,3)20-12-17-11-19(23(20)29)9-10-27(7,8)22-14-18(16-28-15-17)13-21(24(22)30)26(4,5)6/h11-14,28-30H,9-10,15-16H2,1-8H3. The molecule has 0 amide bonds. The Bertz CT molecular complexity index is 943. The molecule has 3 heteroatoms. The lowest BCUT2D eigenvalue weighted by Gasteiger charge is -2.32. The van der Waals surface area contributed by atoms with Crippen molar-refractivity contribution < 1.29 is 10.2 Å². The van der Waals surface area contributed by atoms with Crippen LogP contribution >= 0.6 is 0 Å². The largest absolute Gasteiger partial charge is 0.507 e. The number of phenols is 2. The second-order valence-corrected chi connectivity index (χ2v) is 11.7. The molecular formula is C27H39NO2. The zero-order chi connectivity index (χ0) is 22.5. The first kappa shape index (κ1) is 22.7. The van der Waals surface area contributed by atoms with E-state index in [2.05, 4.69) is 85.0 Å². The normalized spacial score (nSPS) is 17.2. The van der Waals surface area contributed by atoms with Crippen LogP contribution in [0.2, 0.25) is 0 Å².